The highest BCUT2D eigenvalue weighted by atomic mass is 19.1. The molecule has 0 radical (unpaired) electrons. The van der Waals surface area contributed by atoms with Crippen molar-refractivity contribution in [3.05, 3.63) is 29.6 Å². The lowest BCUT2D eigenvalue weighted by Crippen LogP contribution is -2.31. The van der Waals surface area contributed by atoms with Gasteiger partial charge in [0.2, 0.25) is 0 Å². The second-order valence-electron chi connectivity index (χ2n) is 4.19. The molecule has 5 heteroatoms. The minimum Gasteiger partial charge on any atom is -0.383 e. The van der Waals surface area contributed by atoms with Gasteiger partial charge in [0.05, 0.1) is 12.6 Å². The summed E-state index contributed by atoms with van der Waals surface area (Å²) in [4.78, 5) is 0. The summed E-state index contributed by atoms with van der Waals surface area (Å²) in [6.07, 6.45) is 0. The Kier molecular flexibility index (Phi) is 4.81. The van der Waals surface area contributed by atoms with E-state index in [1.54, 1.807) is 0 Å². The number of rotatable bonds is 5. The molecule has 96 valence electrons. The third-order valence-corrected chi connectivity index (χ3v) is 2.49. The van der Waals surface area contributed by atoms with Crippen LogP contribution in [-0.2, 0) is 4.74 Å². The first-order valence-corrected chi connectivity index (χ1v) is 5.35. The third-order valence-electron chi connectivity index (χ3n) is 2.49. The Balaban J connectivity index is 2.93. The van der Waals surface area contributed by atoms with Crippen molar-refractivity contribution in [3.8, 4) is 0 Å². The SMILES string of the molecule is COCC(Nc1c(F)cc(F)cc1F)C(C)C. The van der Waals surface area contributed by atoms with Gasteiger partial charge in [0.1, 0.15) is 11.5 Å². The molecule has 0 saturated carbocycles. The fourth-order valence-electron chi connectivity index (χ4n) is 1.45. The van der Waals surface area contributed by atoms with Gasteiger partial charge in [0, 0.05) is 19.2 Å². The molecule has 0 saturated heterocycles. The van der Waals surface area contributed by atoms with Crippen LogP contribution in [0.2, 0.25) is 0 Å². The van der Waals surface area contributed by atoms with E-state index < -0.39 is 17.5 Å². The molecular formula is C12H16F3NO. The molecule has 1 atom stereocenters. The van der Waals surface area contributed by atoms with Crippen LogP contribution in [-0.4, -0.2) is 19.8 Å². The molecule has 1 aromatic carbocycles. The molecule has 0 bridgehead atoms. The molecule has 0 aromatic heterocycles. The molecular weight excluding hydrogens is 231 g/mol. The van der Waals surface area contributed by atoms with Gasteiger partial charge in [-0.05, 0) is 5.92 Å². The maximum absolute atomic E-state index is 13.4. The number of hydrogen-bond acceptors (Lipinski definition) is 2. The molecule has 1 unspecified atom stereocenters. The van der Waals surface area contributed by atoms with Crippen LogP contribution in [0.3, 0.4) is 0 Å². The van der Waals surface area contributed by atoms with Crippen LogP contribution >= 0.6 is 0 Å². The minimum absolute atomic E-state index is 0.124. The summed E-state index contributed by atoms with van der Waals surface area (Å²) in [5.74, 6) is -2.69. The molecule has 17 heavy (non-hydrogen) atoms. The van der Waals surface area contributed by atoms with Crippen LogP contribution in [0, 0.1) is 23.4 Å². The molecule has 2 nitrogen and oxygen atoms in total. The molecule has 0 fully saturated rings. The predicted molar refractivity (Wildman–Crippen MR) is 60.4 cm³/mol. The fraction of sp³-hybridized carbons (Fsp3) is 0.500. The lowest BCUT2D eigenvalue weighted by atomic mass is 10.0. The second kappa shape index (κ2) is 5.91. The van der Waals surface area contributed by atoms with E-state index in [4.69, 9.17) is 4.74 Å². The van der Waals surface area contributed by atoms with Crippen molar-refractivity contribution in [3.63, 3.8) is 0 Å². The van der Waals surface area contributed by atoms with Crippen LogP contribution in [0.5, 0.6) is 0 Å². The molecule has 0 heterocycles. The molecule has 0 spiro atoms. The van der Waals surface area contributed by atoms with Crippen molar-refractivity contribution in [1.82, 2.24) is 0 Å². The van der Waals surface area contributed by atoms with E-state index in [0.29, 0.717) is 18.7 Å². The Morgan fingerprint density at radius 3 is 2.12 bits per heavy atom. The van der Waals surface area contributed by atoms with Gasteiger partial charge >= 0.3 is 0 Å². The summed E-state index contributed by atoms with van der Waals surface area (Å²) >= 11 is 0. The lowest BCUT2D eigenvalue weighted by molar-refractivity contribution is 0.171. The topological polar surface area (TPSA) is 21.3 Å². The first kappa shape index (κ1) is 13.8. The molecule has 0 aliphatic carbocycles. The molecule has 1 N–H and O–H groups in total. The van der Waals surface area contributed by atoms with Crippen LogP contribution in [0.1, 0.15) is 13.8 Å². The van der Waals surface area contributed by atoms with E-state index in [1.807, 2.05) is 13.8 Å². The van der Waals surface area contributed by atoms with Gasteiger partial charge in [-0.3, -0.25) is 0 Å². The molecule has 0 aliphatic rings. The highest BCUT2D eigenvalue weighted by molar-refractivity contribution is 5.47. The van der Waals surface area contributed by atoms with Crippen LogP contribution in [0.15, 0.2) is 12.1 Å². The summed E-state index contributed by atoms with van der Waals surface area (Å²) in [5, 5.41) is 2.70. The zero-order valence-electron chi connectivity index (χ0n) is 10.1. The summed E-state index contributed by atoms with van der Waals surface area (Å²) in [6, 6.07) is 1.06. The number of halogens is 3. The maximum Gasteiger partial charge on any atom is 0.152 e. The predicted octanol–water partition coefficient (Wildman–Crippen LogP) is 3.19. The number of benzene rings is 1. The number of nitrogens with one attached hydrogen (secondary N) is 1. The van der Waals surface area contributed by atoms with Crippen molar-refractivity contribution >= 4 is 5.69 Å². The largest absolute Gasteiger partial charge is 0.383 e. The number of ether oxygens (including phenoxy) is 1. The van der Waals surface area contributed by atoms with Gasteiger partial charge in [-0.2, -0.15) is 0 Å². The average Bonchev–Trinajstić information content (AvgIpc) is 2.21. The summed E-state index contributed by atoms with van der Waals surface area (Å²) in [7, 11) is 1.51. The molecule has 1 rings (SSSR count). The normalized spacial score (nSPS) is 12.9. The second-order valence-corrected chi connectivity index (χ2v) is 4.19. The third kappa shape index (κ3) is 3.63. The van der Waals surface area contributed by atoms with Crippen LogP contribution < -0.4 is 5.32 Å². The fourth-order valence-corrected chi connectivity index (χ4v) is 1.45. The van der Waals surface area contributed by atoms with E-state index in [1.165, 1.54) is 7.11 Å². The lowest BCUT2D eigenvalue weighted by Gasteiger charge is -2.23. The van der Waals surface area contributed by atoms with Crippen LogP contribution in [0.25, 0.3) is 0 Å². The average molecular weight is 247 g/mol. The van der Waals surface area contributed by atoms with Crippen molar-refractivity contribution in [2.24, 2.45) is 5.92 Å². The Morgan fingerprint density at radius 2 is 1.71 bits per heavy atom. The van der Waals surface area contributed by atoms with E-state index in [2.05, 4.69) is 5.32 Å². The van der Waals surface area contributed by atoms with Crippen molar-refractivity contribution in [2.75, 3.05) is 19.0 Å². The van der Waals surface area contributed by atoms with Crippen LogP contribution in [0.4, 0.5) is 18.9 Å². The van der Waals surface area contributed by atoms with E-state index >= 15 is 0 Å². The summed E-state index contributed by atoms with van der Waals surface area (Å²) in [6.45, 7) is 4.11. The Bertz CT molecular complexity index is 359. The highest BCUT2D eigenvalue weighted by Gasteiger charge is 2.18. The van der Waals surface area contributed by atoms with Crippen molar-refractivity contribution in [1.29, 1.82) is 0 Å². The molecule has 1 aromatic rings. The van der Waals surface area contributed by atoms with Crippen molar-refractivity contribution in [2.45, 2.75) is 19.9 Å². The maximum atomic E-state index is 13.4. The first-order chi connectivity index (χ1) is 7.95. The van der Waals surface area contributed by atoms with Gasteiger partial charge in [0.25, 0.3) is 0 Å². The first-order valence-electron chi connectivity index (χ1n) is 5.35. The monoisotopic (exact) mass is 247 g/mol. The number of hydrogen-bond donors (Lipinski definition) is 1. The summed E-state index contributed by atoms with van der Waals surface area (Å²) < 4.78 is 44.5. The molecule has 0 aliphatic heterocycles. The van der Waals surface area contributed by atoms with Gasteiger partial charge < -0.3 is 10.1 Å². The van der Waals surface area contributed by atoms with E-state index in [0.717, 1.165) is 0 Å². The van der Waals surface area contributed by atoms with Gasteiger partial charge in [-0.1, -0.05) is 13.8 Å². The Hall–Kier alpha value is -1.23. The van der Waals surface area contributed by atoms with Gasteiger partial charge in [-0.15, -0.1) is 0 Å². The minimum atomic E-state index is -0.941. The summed E-state index contributed by atoms with van der Waals surface area (Å²) in [5.41, 5.74) is -0.317. The smallest absolute Gasteiger partial charge is 0.152 e. The zero-order chi connectivity index (χ0) is 13.0. The standard InChI is InChI=1S/C12H16F3NO/c1-7(2)11(6-17-3)16-12-9(14)4-8(13)5-10(12)15/h4-5,7,11,16H,6H2,1-3H3. The Morgan fingerprint density at radius 1 is 1.18 bits per heavy atom. The molecule has 0 amide bonds. The van der Waals surface area contributed by atoms with E-state index in [9.17, 15) is 13.2 Å². The Labute approximate surface area is 98.8 Å². The van der Waals surface area contributed by atoms with Crippen molar-refractivity contribution < 1.29 is 17.9 Å². The van der Waals surface area contributed by atoms with Gasteiger partial charge in [-0.25, -0.2) is 13.2 Å². The quantitative estimate of drug-likeness (QED) is 0.862. The number of anilines is 1. The van der Waals surface area contributed by atoms with E-state index in [-0.39, 0.29) is 17.6 Å². The van der Waals surface area contributed by atoms with Gasteiger partial charge in [0.15, 0.2) is 11.6 Å². The number of methoxy groups -OCH3 is 1. The zero-order valence-corrected chi connectivity index (χ0v) is 10.1. The highest BCUT2D eigenvalue weighted by Crippen LogP contribution is 2.22.